The van der Waals surface area contributed by atoms with E-state index in [0.717, 1.165) is 6.20 Å². The highest BCUT2D eigenvalue weighted by Gasteiger charge is 2.45. The van der Waals surface area contributed by atoms with Crippen molar-refractivity contribution in [2.45, 2.75) is 50.6 Å². The lowest BCUT2D eigenvalue weighted by Gasteiger charge is -2.38. The average molecular weight is 703 g/mol. The molecule has 2 aromatic heterocycles. The summed E-state index contributed by atoms with van der Waals surface area (Å²) < 4.78 is 47.2. The van der Waals surface area contributed by atoms with Crippen molar-refractivity contribution < 1.29 is 32.3 Å². The normalized spacial score (nSPS) is 18.2. The first-order valence-electron chi connectivity index (χ1n) is 16.4. The van der Waals surface area contributed by atoms with E-state index in [2.05, 4.69) is 37.2 Å². The van der Waals surface area contributed by atoms with Crippen LogP contribution in [0.5, 0.6) is 0 Å². The first-order valence-corrected chi connectivity index (χ1v) is 16.4. The molecule has 15 heteroatoms. The van der Waals surface area contributed by atoms with Crippen LogP contribution >= 0.6 is 0 Å². The number of ether oxygens (including phenoxy) is 1. The predicted octanol–water partition coefficient (Wildman–Crippen LogP) is 3.87. The maximum absolute atomic E-state index is 14.3. The van der Waals surface area contributed by atoms with E-state index in [4.69, 9.17) is 4.74 Å². The molecular formula is C36H37F3N8O4. The summed E-state index contributed by atoms with van der Waals surface area (Å²) in [6, 6.07) is 15.8. The highest BCUT2D eigenvalue weighted by molar-refractivity contribution is 6.04. The van der Waals surface area contributed by atoms with Gasteiger partial charge in [-0.1, -0.05) is 49.0 Å². The monoisotopic (exact) mass is 702 g/mol. The van der Waals surface area contributed by atoms with Crippen molar-refractivity contribution in [2.75, 3.05) is 31.7 Å². The molecule has 0 unspecified atom stereocenters. The van der Waals surface area contributed by atoms with Crippen LogP contribution in [0.4, 0.5) is 19.0 Å². The van der Waals surface area contributed by atoms with Crippen molar-refractivity contribution >= 4 is 23.5 Å². The quantitative estimate of drug-likeness (QED) is 0.225. The Balaban J connectivity index is 1.33. The zero-order chi connectivity index (χ0) is 36.4. The number of carbonyl (C=O) groups is 3. The average Bonchev–Trinajstić information content (AvgIpc) is 3.54. The van der Waals surface area contributed by atoms with Crippen molar-refractivity contribution in [1.82, 2.24) is 35.3 Å². The molecule has 0 spiro atoms. The number of aromatic nitrogens is 4. The standard InChI is InChI=1S/C36H37F3N8O4/c1-5-46-34-27(18-42-47(34)25-12-7-6-8-13-25)29(30(35(46)50)44-33(49)31-40-15-14-28(43-31)36(37,38)39)24-11-9-10-23(16-24)17-41-32(48)21(2)22(3)45(4)26-19-51-20-26/h6-16,18,22,26,29-30H,2,5,17,19-20H2,1,3-4H3,(H,41,48)(H,44,49)/t22-,29+,30-/m0/s1. The summed E-state index contributed by atoms with van der Waals surface area (Å²) in [6.07, 6.45) is -2.34. The first-order chi connectivity index (χ1) is 24.4. The van der Waals surface area contributed by atoms with Crippen molar-refractivity contribution in [3.63, 3.8) is 0 Å². The number of nitrogens with one attached hydrogen (secondary N) is 2. The van der Waals surface area contributed by atoms with Crippen LogP contribution in [0.3, 0.4) is 0 Å². The van der Waals surface area contributed by atoms with Gasteiger partial charge < -0.3 is 15.4 Å². The molecule has 0 bridgehead atoms. The summed E-state index contributed by atoms with van der Waals surface area (Å²) in [5.74, 6) is -2.93. The molecule has 3 amide bonds. The van der Waals surface area contributed by atoms with Gasteiger partial charge >= 0.3 is 6.18 Å². The van der Waals surface area contributed by atoms with Gasteiger partial charge in [-0.15, -0.1) is 0 Å². The number of hydrogen-bond donors (Lipinski definition) is 2. The van der Waals surface area contributed by atoms with Crippen molar-refractivity contribution in [1.29, 1.82) is 0 Å². The number of benzene rings is 2. The van der Waals surface area contributed by atoms with Gasteiger partial charge in [0.1, 0.15) is 17.6 Å². The number of amides is 3. The maximum atomic E-state index is 14.3. The molecule has 4 heterocycles. The molecule has 2 N–H and O–H groups in total. The maximum Gasteiger partial charge on any atom is 0.433 e. The van der Waals surface area contributed by atoms with Crippen LogP contribution in [-0.4, -0.2) is 87.3 Å². The van der Waals surface area contributed by atoms with Crippen LogP contribution in [0, 0.1) is 0 Å². The topological polar surface area (TPSA) is 135 Å². The van der Waals surface area contributed by atoms with Crippen LogP contribution in [0.25, 0.3) is 5.69 Å². The molecule has 12 nitrogen and oxygen atoms in total. The summed E-state index contributed by atoms with van der Waals surface area (Å²) in [5, 5.41) is 10.2. The van der Waals surface area contributed by atoms with E-state index in [0.29, 0.717) is 53.0 Å². The Morgan fingerprint density at radius 1 is 1.12 bits per heavy atom. The smallest absolute Gasteiger partial charge is 0.378 e. The highest BCUT2D eigenvalue weighted by Crippen LogP contribution is 2.41. The Morgan fingerprint density at radius 3 is 2.53 bits per heavy atom. The molecule has 1 saturated heterocycles. The summed E-state index contributed by atoms with van der Waals surface area (Å²) in [5.41, 5.74) is 1.72. The van der Waals surface area contributed by atoms with Gasteiger partial charge in [0.05, 0.1) is 31.1 Å². The zero-order valence-corrected chi connectivity index (χ0v) is 28.2. The number of rotatable bonds is 11. The summed E-state index contributed by atoms with van der Waals surface area (Å²) >= 11 is 0. The third-order valence-electron chi connectivity index (χ3n) is 9.35. The molecule has 6 rings (SSSR count). The SMILES string of the molecule is C=C(C(=O)NCc1cccc([C@@H]2c3cnn(-c4ccccc4)c3N(CC)C(=O)[C@H]2NC(=O)c2nccc(C(F)(F)F)n2)c1)[C@H](C)N(C)C1COC1. The summed E-state index contributed by atoms with van der Waals surface area (Å²) in [6.45, 7) is 9.25. The number of nitrogens with zero attached hydrogens (tertiary/aromatic N) is 6. The minimum atomic E-state index is -4.80. The predicted molar refractivity (Wildman–Crippen MR) is 181 cm³/mol. The molecule has 0 saturated carbocycles. The summed E-state index contributed by atoms with van der Waals surface area (Å²) in [4.78, 5) is 51.6. The van der Waals surface area contributed by atoms with E-state index in [-0.39, 0.29) is 31.1 Å². The lowest BCUT2D eigenvalue weighted by molar-refractivity contribution is -0.141. The number of para-hydroxylation sites is 1. The minimum Gasteiger partial charge on any atom is -0.378 e. The van der Waals surface area contributed by atoms with Crippen molar-refractivity contribution in [3.8, 4) is 5.69 Å². The largest absolute Gasteiger partial charge is 0.433 e. The second-order valence-electron chi connectivity index (χ2n) is 12.4. The van der Waals surface area contributed by atoms with Crippen LogP contribution in [-0.2, 0) is 27.0 Å². The zero-order valence-electron chi connectivity index (χ0n) is 28.2. The molecule has 2 aliphatic heterocycles. The van der Waals surface area contributed by atoms with Crippen LogP contribution < -0.4 is 15.5 Å². The minimum absolute atomic E-state index is 0.141. The van der Waals surface area contributed by atoms with Crippen molar-refractivity contribution in [2.24, 2.45) is 0 Å². The van der Waals surface area contributed by atoms with Gasteiger partial charge in [-0.05, 0) is 50.2 Å². The molecule has 1 fully saturated rings. The van der Waals surface area contributed by atoms with Crippen LogP contribution in [0.1, 0.15) is 52.8 Å². The Morgan fingerprint density at radius 2 is 1.86 bits per heavy atom. The van der Waals surface area contributed by atoms with Crippen molar-refractivity contribution in [3.05, 3.63) is 113 Å². The third-order valence-corrected chi connectivity index (χ3v) is 9.35. The third kappa shape index (κ3) is 7.12. The molecule has 266 valence electrons. The van der Waals surface area contributed by atoms with Gasteiger partial charge in [-0.3, -0.25) is 24.2 Å². The van der Waals surface area contributed by atoms with Crippen LogP contribution in [0.15, 0.2) is 85.2 Å². The number of likely N-dealkylation sites (N-methyl/N-ethyl adjacent to an activating group) is 2. The molecule has 4 aromatic rings. The number of halogens is 3. The van der Waals surface area contributed by atoms with Crippen LogP contribution in [0.2, 0.25) is 0 Å². The number of hydrogen-bond acceptors (Lipinski definition) is 8. The Labute approximate surface area is 292 Å². The van der Waals surface area contributed by atoms with E-state index in [9.17, 15) is 27.6 Å². The number of carbonyl (C=O) groups excluding carboxylic acids is 3. The van der Waals surface area contributed by atoms with Gasteiger partial charge in [0, 0.05) is 42.4 Å². The fourth-order valence-electron chi connectivity index (χ4n) is 6.25. The lowest BCUT2D eigenvalue weighted by Crippen LogP contribution is -2.55. The van der Waals surface area contributed by atoms with Gasteiger partial charge in [0.25, 0.3) is 11.8 Å². The second-order valence-corrected chi connectivity index (χ2v) is 12.4. The first kappa shape index (κ1) is 35.4. The van der Waals surface area contributed by atoms with E-state index in [1.54, 1.807) is 29.9 Å². The molecule has 51 heavy (non-hydrogen) atoms. The van der Waals surface area contributed by atoms with Gasteiger partial charge in [0.15, 0.2) is 0 Å². The lowest BCUT2D eigenvalue weighted by atomic mass is 9.82. The Kier molecular flexibility index (Phi) is 10.0. The van der Waals surface area contributed by atoms with Gasteiger partial charge in [0.2, 0.25) is 11.7 Å². The molecule has 0 radical (unpaired) electrons. The highest BCUT2D eigenvalue weighted by atomic mass is 19.4. The fourth-order valence-corrected chi connectivity index (χ4v) is 6.25. The molecule has 2 aromatic carbocycles. The molecule has 0 aliphatic carbocycles. The number of alkyl halides is 3. The van der Waals surface area contributed by atoms with Gasteiger partial charge in [-0.25, -0.2) is 14.6 Å². The molecular weight excluding hydrogens is 665 g/mol. The Bertz CT molecular complexity index is 1950. The van der Waals surface area contributed by atoms with E-state index in [1.807, 2.05) is 56.4 Å². The van der Waals surface area contributed by atoms with E-state index in [1.165, 1.54) is 4.90 Å². The number of fused-ring (bicyclic) bond motifs is 1. The van der Waals surface area contributed by atoms with Gasteiger partial charge in [-0.2, -0.15) is 18.3 Å². The molecule has 3 atom stereocenters. The molecule has 2 aliphatic rings. The number of anilines is 1. The second kappa shape index (κ2) is 14.4. The summed E-state index contributed by atoms with van der Waals surface area (Å²) in [7, 11) is 1.92. The van der Waals surface area contributed by atoms with E-state index >= 15 is 0 Å². The van der Waals surface area contributed by atoms with E-state index < -0.39 is 41.5 Å². The fraction of sp³-hybridized carbons (Fsp3) is 0.333. The Hall–Kier alpha value is -5.41.